The minimum Gasteiger partial charge on any atom is -0.268 e. The molecular formula is C15H17N3O. The Hall–Kier alpha value is -1.97. The smallest absolute Gasteiger partial charge is 0.267 e. The average Bonchev–Trinajstić information content (AvgIpc) is 2.45. The molecule has 4 heteroatoms. The third-order valence-electron chi connectivity index (χ3n) is 4.09. The number of pyridine rings is 1. The van der Waals surface area contributed by atoms with E-state index in [9.17, 15) is 4.79 Å². The number of nitrogens with zero attached hydrogens (tertiary/aromatic N) is 2. The lowest BCUT2D eigenvalue weighted by molar-refractivity contribution is 0.577. The fraction of sp³-hybridized carbons (Fsp3) is 0.400. The van der Waals surface area contributed by atoms with Crippen LogP contribution in [0.15, 0.2) is 23.1 Å². The van der Waals surface area contributed by atoms with Crippen LogP contribution in [0.2, 0.25) is 0 Å². The highest BCUT2D eigenvalue weighted by Crippen LogP contribution is 2.35. The van der Waals surface area contributed by atoms with Crippen LogP contribution >= 0.6 is 0 Å². The van der Waals surface area contributed by atoms with E-state index < -0.39 is 0 Å². The third-order valence-corrected chi connectivity index (χ3v) is 4.09. The van der Waals surface area contributed by atoms with Crippen LogP contribution < -0.4 is 5.56 Å². The predicted octanol–water partition coefficient (Wildman–Crippen LogP) is 2.25. The third kappa shape index (κ3) is 1.97. The number of hydrogen-bond donors (Lipinski definition) is 1. The van der Waals surface area contributed by atoms with Crippen LogP contribution in [0, 0.1) is 13.8 Å². The number of rotatable bonds is 1. The molecule has 0 aliphatic heterocycles. The molecule has 0 amide bonds. The minimum atomic E-state index is -0.0988. The lowest BCUT2D eigenvalue weighted by Gasteiger charge is -2.24. The first-order valence-electron chi connectivity index (χ1n) is 6.68. The molecule has 19 heavy (non-hydrogen) atoms. The van der Waals surface area contributed by atoms with Crippen LogP contribution in [-0.2, 0) is 6.42 Å². The Balaban J connectivity index is 2.14. The van der Waals surface area contributed by atoms with E-state index in [1.807, 2.05) is 26.1 Å². The van der Waals surface area contributed by atoms with E-state index in [1.165, 1.54) is 5.56 Å². The van der Waals surface area contributed by atoms with Gasteiger partial charge in [0.15, 0.2) is 0 Å². The van der Waals surface area contributed by atoms with E-state index in [2.05, 4.69) is 21.2 Å². The van der Waals surface area contributed by atoms with Gasteiger partial charge >= 0.3 is 0 Å². The Morgan fingerprint density at radius 1 is 1.26 bits per heavy atom. The van der Waals surface area contributed by atoms with E-state index >= 15 is 0 Å². The van der Waals surface area contributed by atoms with Crippen molar-refractivity contribution < 1.29 is 0 Å². The first-order valence-corrected chi connectivity index (χ1v) is 6.68. The van der Waals surface area contributed by atoms with Crippen molar-refractivity contribution in [3.05, 3.63) is 56.8 Å². The summed E-state index contributed by atoms with van der Waals surface area (Å²) in [6.45, 7) is 3.83. The highest BCUT2D eigenvalue weighted by atomic mass is 16.1. The second-order valence-corrected chi connectivity index (χ2v) is 5.18. The summed E-state index contributed by atoms with van der Waals surface area (Å²) in [6, 6.07) is 4.13. The zero-order valence-corrected chi connectivity index (χ0v) is 11.2. The predicted molar refractivity (Wildman–Crippen MR) is 73.3 cm³/mol. The molecule has 1 aliphatic rings. The van der Waals surface area contributed by atoms with Crippen LogP contribution in [0.5, 0.6) is 0 Å². The van der Waals surface area contributed by atoms with Crippen molar-refractivity contribution in [3.8, 4) is 0 Å². The van der Waals surface area contributed by atoms with Crippen molar-refractivity contribution in [2.24, 2.45) is 0 Å². The molecule has 98 valence electrons. The minimum absolute atomic E-state index is 0.0988. The van der Waals surface area contributed by atoms with Gasteiger partial charge < -0.3 is 0 Å². The van der Waals surface area contributed by atoms with Gasteiger partial charge in [0.05, 0.1) is 11.4 Å². The maximum atomic E-state index is 11.6. The van der Waals surface area contributed by atoms with Crippen LogP contribution in [0.1, 0.15) is 46.8 Å². The Labute approximate surface area is 111 Å². The summed E-state index contributed by atoms with van der Waals surface area (Å²) in [5.41, 5.74) is 5.05. The topological polar surface area (TPSA) is 58.6 Å². The van der Waals surface area contributed by atoms with Gasteiger partial charge in [0.25, 0.3) is 5.56 Å². The molecule has 0 aromatic carbocycles. The number of aryl methyl sites for hydroxylation is 1. The van der Waals surface area contributed by atoms with Crippen molar-refractivity contribution in [1.29, 1.82) is 0 Å². The molecule has 0 saturated carbocycles. The van der Waals surface area contributed by atoms with E-state index in [1.54, 1.807) is 0 Å². The standard InChI is InChI=1S/C15H17N3O/c1-9-10(2)15(19)18-17-13(9)12-7-3-5-11-6-4-8-16-14(11)12/h4,6,8,12H,3,5,7H2,1-2H3,(H,18,19). The fourth-order valence-electron chi connectivity index (χ4n) is 2.86. The lowest BCUT2D eigenvalue weighted by Crippen LogP contribution is -2.21. The molecule has 2 heterocycles. The van der Waals surface area contributed by atoms with Gasteiger partial charge in [-0.3, -0.25) is 9.78 Å². The SMILES string of the molecule is Cc1c(C2CCCc3cccnc32)n[nH]c(=O)c1C. The average molecular weight is 255 g/mol. The van der Waals surface area contributed by atoms with Crippen LogP contribution in [0.4, 0.5) is 0 Å². The van der Waals surface area contributed by atoms with Crippen molar-refractivity contribution in [1.82, 2.24) is 15.2 Å². The van der Waals surface area contributed by atoms with E-state index in [-0.39, 0.29) is 11.5 Å². The summed E-state index contributed by atoms with van der Waals surface area (Å²) in [5.74, 6) is 0.209. The van der Waals surface area contributed by atoms with Crippen LogP contribution in [0.3, 0.4) is 0 Å². The Morgan fingerprint density at radius 3 is 2.95 bits per heavy atom. The maximum absolute atomic E-state index is 11.6. The van der Waals surface area contributed by atoms with Gasteiger partial charge in [-0.15, -0.1) is 0 Å². The van der Waals surface area contributed by atoms with Crippen molar-refractivity contribution in [3.63, 3.8) is 0 Å². The van der Waals surface area contributed by atoms with E-state index in [4.69, 9.17) is 0 Å². The molecule has 1 atom stereocenters. The lowest BCUT2D eigenvalue weighted by atomic mass is 9.83. The maximum Gasteiger partial charge on any atom is 0.267 e. The molecule has 2 aromatic rings. The molecule has 0 spiro atoms. The number of H-pyrrole nitrogens is 1. The zero-order chi connectivity index (χ0) is 13.4. The highest BCUT2D eigenvalue weighted by Gasteiger charge is 2.26. The molecule has 3 rings (SSSR count). The van der Waals surface area contributed by atoms with Gasteiger partial charge in [-0.2, -0.15) is 5.10 Å². The van der Waals surface area contributed by atoms with Crippen molar-refractivity contribution >= 4 is 0 Å². The van der Waals surface area contributed by atoms with E-state index in [0.29, 0.717) is 0 Å². The Bertz CT molecular complexity index is 675. The van der Waals surface area contributed by atoms with Crippen LogP contribution in [0.25, 0.3) is 0 Å². The summed E-state index contributed by atoms with van der Waals surface area (Å²) in [4.78, 5) is 16.1. The zero-order valence-electron chi connectivity index (χ0n) is 11.2. The summed E-state index contributed by atoms with van der Waals surface area (Å²) < 4.78 is 0. The number of fused-ring (bicyclic) bond motifs is 1. The molecule has 0 radical (unpaired) electrons. The first-order chi connectivity index (χ1) is 9.18. The monoisotopic (exact) mass is 255 g/mol. The second kappa shape index (κ2) is 4.61. The normalized spacial score (nSPS) is 18.1. The van der Waals surface area contributed by atoms with E-state index in [0.717, 1.165) is 41.8 Å². The number of aromatic nitrogens is 3. The number of nitrogens with one attached hydrogen (secondary N) is 1. The summed E-state index contributed by atoms with van der Waals surface area (Å²) in [5, 5.41) is 6.89. The quantitative estimate of drug-likeness (QED) is 0.850. The largest absolute Gasteiger partial charge is 0.268 e. The second-order valence-electron chi connectivity index (χ2n) is 5.18. The summed E-state index contributed by atoms with van der Waals surface area (Å²) in [7, 11) is 0. The molecule has 1 aliphatic carbocycles. The summed E-state index contributed by atoms with van der Waals surface area (Å²) >= 11 is 0. The molecule has 0 bridgehead atoms. The molecule has 1 unspecified atom stereocenters. The Morgan fingerprint density at radius 2 is 2.11 bits per heavy atom. The molecule has 0 fully saturated rings. The van der Waals surface area contributed by atoms with Gasteiger partial charge in [0, 0.05) is 17.7 Å². The van der Waals surface area contributed by atoms with Crippen molar-refractivity contribution in [2.75, 3.05) is 0 Å². The van der Waals surface area contributed by atoms with Gasteiger partial charge in [-0.25, -0.2) is 5.10 Å². The molecule has 4 nitrogen and oxygen atoms in total. The van der Waals surface area contributed by atoms with Gasteiger partial charge in [-0.05, 0) is 50.3 Å². The highest BCUT2D eigenvalue weighted by molar-refractivity contribution is 5.37. The fourth-order valence-corrected chi connectivity index (χ4v) is 2.86. The molecule has 1 N–H and O–H groups in total. The summed E-state index contributed by atoms with van der Waals surface area (Å²) in [6.07, 6.45) is 5.11. The van der Waals surface area contributed by atoms with Crippen molar-refractivity contribution in [2.45, 2.75) is 39.0 Å². The molecule has 0 saturated heterocycles. The van der Waals surface area contributed by atoms with Gasteiger partial charge in [-0.1, -0.05) is 6.07 Å². The Kier molecular flexibility index (Phi) is 2.93. The van der Waals surface area contributed by atoms with Gasteiger partial charge in [0.1, 0.15) is 0 Å². The molecular weight excluding hydrogens is 238 g/mol. The first kappa shape index (κ1) is 12.1. The molecule has 2 aromatic heterocycles. The van der Waals surface area contributed by atoms with Gasteiger partial charge in [0.2, 0.25) is 0 Å². The number of aromatic amines is 1. The van der Waals surface area contributed by atoms with Crippen LogP contribution in [-0.4, -0.2) is 15.2 Å². The number of hydrogen-bond acceptors (Lipinski definition) is 3.